The molecule has 0 radical (unpaired) electrons. The summed E-state index contributed by atoms with van der Waals surface area (Å²) in [4.78, 5) is 14.0. The minimum absolute atomic E-state index is 0.293. The summed E-state index contributed by atoms with van der Waals surface area (Å²) >= 11 is 5.22. The van der Waals surface area contributed by atoms with Crippen molar-refractivity contribution in [2.75, 3.05) is 33.4 Å². The molecule has 1 aromatic rings. The van der Waals surface area contributed by atoms with Gasteiger partial charge in [-0.1, -0.05) is 12.1 Å². The average Bonchev–Trinajstić information content (AvgIpc) is 2.53. The Morgan fingerprint density at radius 3 is 2.70 bits per heavy atom. The minimum atomic E-state index is -0.293. The van der Waals surface area contributed by atoms with Gasteiger partial charge < -0.3 is 14.4 Å². The molecule has 2 rings (SSSR count). The van der Waals surface area contributed by atoms with E-state index in [2.05, 4.69) is 10.9 Å². The predicted octanol–water partition coefficient (Wildman–Crippen LogP) is 0.547. The molecule has 7 heteroatoms. The van der Waals surface area contributed by atoms with Crippen LogP contribution in [0.5, 0.6) is 5.75 Å². The van der Waals surface area contributed by atoms with Crippen LogP contribution >= 0.6 is 12.2 Å². The van der Waals surface area contributed by atoms with E-state index in [0.29, 0.717) is 29.6 Å². The van der Waals surface area contributed by atoms with Gasteiger partial charge in [0, 0.05) is 13.1 Å². The van der Waals surface area contributed by atoms with E-state index in [0.717, 1.165) is 13.1 Å². The van der Waals surface area contributed by atoms with Crippen molar-refractivity contribution >= 4 is 23.2 Å². The van der Waals surface area contributed by atoms with Crippen molar-refractivity contribution < 1.29 is 14.3 Å². The maximum atomic E-state index is 12.1. The second-order valence-corrected chi connectivity index (χ2v) is 4.57. The third kappa shape index (κ3) is 3.58. The fraction of sp³-hybridized carbons (Fsp3) is 0.385. The van der Waals surface area contributed by atoms with E-state index in [1.165, 1.54) is 7.11 Å². The zero-order valence-electron chi connectivity index (χ0n) is 11.2. The maximum absolute atomic E-state index is 12.1. The molecule has 1 aliphatic rings. The van der Waals surface area contributed by atoms with Gasteiger partial charge in [0.25, 0.3) is 5.91 Å². The van der Waals surface area contributed by atoms with Crippen molar-refractivity contribution in [2.24, 2.45) is 0 Å². The van der Waals surface area contributed by atoms with Gasteiger partial charge in [0.15, 0.2) is 5.11 Å². The minimum Gasteiger partial charge on any atom is -0.496 e. The van der Waals surface area contributed by atoms with Crippen molar-refractivity contribution in [2.45, 2.75) is 0 Å². The summed E-state index contributed by atoms with van der Waals surface area (Å²) < 4.78 is 10.4. The number of morpholine rings is 1. The van der Waals surface area contributed by atoms with Gasteiger partial charge in [-0.05, 0) is 24.4 Å². The van der Waals surface area contributed by atoms with Gasteiger partial charge in [0.05, 0.1) is 25.9 Å². The van der Waals surface area contributed by atoms with Gasteiger partial charge in [-0.15, -0.1) is 0 Å². The zero-order chi connectivity index (χ0) is 14.4. The third-order valence-electron chi connectivity index (χ3n) is 2.93. The zero-order valence-corrected chi connectivity index (χ0v) is 12.0. The van der Waals surface area contributed by atoms with Crippen molar-refractivity contribution in [3.05, 3.63) is 29.8 Å². The first-order valence-electron chi connectivity index (χ1n) is 6.28. The highest BCUT2D eigenvalue weighted by Gasteiger charge is 2.15. The van der Waals surface area contributed by atoms with E-state index in [-0.39, 0.29) is 5.91 Å². The summed E-state index contributed by atoms with van der Waals surface area (Å²) in [5.41, 5.74) is 5.78. The lowest BCUT2D eigenvalue weighted by molar-refractivity contribution is 0.0670. The highest BCUT2D eigenvalue weighted by atomic mass is 32.1. The number of para-hydroxylation sites is 1. The Balaban J connectivity index is 1.89. The first-order valence-corrected chi connectivity index (χ1v) is 6.69. The van der Waals surface area contributed by atoms with Gasteiger partial charge >= 0.3 is 0 Å². The largest absolute Gasteiger partial charge is 0.496 e. The molecular formula is C13H17N3O3S. The van der Waals surface area contributed by atoms with Crippen LogP contribution in [0, 0.1) is 0 Å². The number of rotatable bonds is 2. The van der Waals surface area contributed by atoms with Gasteiger partial charge in [-0.2, -0.15) is 0 Å². The summed E-state index contributed by atoms with van der Waals surface area (Å²) in [5, 5.41) is 0.483. The Kier molecular flexibility index (Phi) is 5.14. The van der Waals surface area contributed by atoms with E-state index in [1.54, 1.807) is 24.3 Å². The lowest BCUT2D eigenvalue weighted by atomic mass is 10.2. The number of hydrazine groups is 1. The van der Waals surface area contributed by atoms with E-state index in [4.69, 9.17) is 21.7 Å². The van der Waals surface area contributed by atoms with Crippen LogP contribution in [0.1, 0.15) is 10.4 Å². The highest BCUT2D eigenvalue weighted by molar-refractivity contribution is 7.80. The molecule has 1 fully saturated rings. The Labute approximate surface area is 123 Å². The van der Waals surface area contributed by atoms with Gasteiger partial charge in [-0.25, -0.2) is 0 Å². The summed E-state index contributed by atoms with van der Waals surface area (Å²) in [6.07, 6.45) is 0. The topological polar surface area (TPSA) is 62.8 Å². The van der Waals surface area contributed by atoms with Crippen molar-refractivity contribution in [3.8, 4) is 5.75 Å². The number of nitrogens with one attached hydrogen (secondary N) is 2. The molecule has 6 nitrogen and oxygen atoms in total. The normalized spacial score (nSPS) is 14.6. The molecule has 0 unspecified atom stereocenters. The first kappa shape index (κ1) is 14.5. The highest BCUT2D eigenvalue weighted by Crippen LogP contribution is 2.16. The van der Waals surface area contributed by atoms with Crippen LogP contribution in [0.3, 0.4) is 0 Å². The van der Waals surface area contributed by atoms with Crippen LogP contribution in [-0.4, -0.2) is 49.3 Å². The lowest BCUT2D eigenvalue weighted by Crippen LogP contribution is -2.51. The summed E-state index contributed by atoms with van der Waals surface area (Å²) in [6, 6.07) is 7.00. The Morgan fingerprint density at radius 2 is 2.00 bits per heavy atom. The molecule has 0 atom stereocenters. The van der Waals surface area contributed by atoms with Crippen LogP contribution in [0.2, 0.25) is 0 Å². The molecule has 0 aromatic heterocycles. The van der Waals surface area contributed by atoms with E-state index < -0.39 is 0 Å². The Morgan fingerprint density at radius 1 is 1.30 bits per heavy atom. The molecule has 0 spiro atoms. The SMILES string of the molecule is COc1ccccc1C(=O)NNC(=S)N1CCOCC1. The molecule has 2 N–H and O–H groups in total. The molecule has 20 heavy (non-hydrogen) atoms. The second kappa shape index (κ2) is 7.06. The van der Waals surface area contributed by atoms with Gasteiger partial charge in [-0.3, -0.25) is 15.6 Å². The molecule has 1 aromatic carbocycles. The van der Waals surface area contributed by atoms with Crippen LogP contribution in [0.4, 0.5) is 0 Å². The fourth-order valence-electron chi connectivity index (χ4n) is 1.86. The number of hydrogen-bond acceptors (Lipinski definition) is 4. The van der Waals surface area contributed by atoms with E-state index in [1.807, 2.05) is 4.90 Å². The number of amides is 1. The van der Waals surface area contributed by atoms with Gasteiger partial charge in [0.1, 0.15) is 5.75 Å². The van der Waals surface area contributed by atoms with Crippen molar-refractivity contribution in [3.63, 3.8) is 0 Å². The van der Waals surface area contributed by atoms with Crippen LogP contribution in [-0.2, 0) is 4.74 Å². The molecule has 0 saturated carbocycles. The Bertz CT molecular complexity index is 490. The number of thiocarbonyl (C=S) groups is 1. The molecule has 1 heterocycles. The molecule has 0 aliphatic carbocycles. The average molecular weight is 295 g/mol. The predicted molar refractivity (Wildman–Crippen MR) is 78.6 cm³/mol. The number of methoxy groups -OCH3 is 1. The third-order valence-corrected chi connectivity index (χ3v) is 3.29. The number of carbonyl (C=O) groups is 1. The molecule has 108 valence electrons. The van der Waals surface area contributed by atoms with E-state index in [9.17, 15) is 4.79 Å². The second-order valence-electron chi connectivity index (χ2n) is 4.18. The lowest BCUT2D eigenvalue weighted by Gasteiger charge is -2.29. The number of nitrogens with zero attached hydrogens (tertiary/aromatic N) is 1. The van der Waals surface area contributed by atoms with Crippen LogP contribution < -0.4 is 15.6 Å². The van der Waals surface area contributed by atoms with Crippen molar-refractivity contribution in [1.82, 2.24) is 15.8 Å². The Hall–Kier alpha value is -1.86. The smallest absolute Gasteiger partial charge is 0.273 e. The van der Waals surface area contributed by atoms with Gasteiger partial charge in [0.2, 0.25) is 0 Å². The summed E-state index contributed by atoms with van der Waals surface area (Å²) in [5.74, 6) is 0.224. The molecule has 1 aliphatic heterocycles. The number of hydrogen-bond donors (Lipinski definition) is 2. The monoisotopic (exact) mass is 295 g/mol. The number of carbonyl (C=O) groups excluding carboxylic acids is 1. The molecule has 0 bridgehead atoms. The van der Waals surface area contributed by atoms with Crippen molar-refractivity contribution in [1.29, 1.82) is 0 Å². The summed E-state index contributed by atoms with van der Waals surface area (Å²) in [6.45, 7) is 2.72. The first-order chi connectivity index (χ1) is 9.72. The molecular weight excluding hydrogens is 278 g/mol. The van der Waals surface area contributed by atoms with E-state index >= 15 is 0 Å². The van der Waals surface area contributed by atoms with Crippen LogP contribution in [0.15, 0.2) is 24.3 Å². The molecule has 1 saturated heterocycles. The maximum Gasteiger partial charge on any atom is 0.273 e. The van der Waals surface area contributed by atoms with Crippen LogP contribution in [0.25, 0.3) is 0 Å². The standard InChI is InChI=1S/C13H17N3O3S/c1-18-11-5-3-2-4-10(11)12(17)14-15-13(20)16-6-8-19-9-7-16/h2-5H,6-9H2,1H3,(H,14,17)(H,15,20). The summed E-state index contributed by atoms with van der Waals surface area (Å²) in [7, 11) is 1.53. The number of benzene rings is 1. The quantitative estimate of drug-likeness (QED) is 0.613. The number of ether oxygens (including phenoxy) is 2. The fourth-order valence-corrected chi connectivity index (χ4v) is 2.09. The molecule has 1 amide bonds.